The van der Waals surface area contributed by atoms with Gasteiger partial charge in [-0.3, -0.25) is 0 Å². The second-order valence-electron chi connectivity index (χ2n) is 6.90. The van der Waals surface area contributed by atoms with E-state index in [1.165, 1.54) is 0 Å². The molecular formula is C32H24Br2O4. The first kappa shape index (κ1) is 30.8. The van der Waals surface area contributed by atoms with Gasteiger partial charge < -0.3 is 18.9 Å². The Labute approximate surface area is 242 Å². The highest BCUT2D eigenvalue weighted by Gasteiger charge is 1.88. The Morgan fingerprint density at radius 2 is 0.684 bits per heavy atom. The molecule has 0 saturated carbocycles. The first-order valence-electron chi connectivity index (χ1n) is 11.4. The van der Waals surface area contributed by atoms with E-state index in [0.717, 1.165) is 20.1 Å². The summed E-state index contributed by atoms with van der Waals surface area (Å²) in [5, 5.41) is 0. The molecule has 0 aliphatic carbocycles. The van der Waals surface area contributed by atoms with Crippen LogP contribution in [0.4, 0.5) is 0 Å². The standard InChI is InChI=1S/C32H24Br2O4/c33-31-17-13-29(14-18-31)11-9-27-37-25-7-5-23-35-21-3-1-2-4-22-36-24-6-8-26-38-28-10-12-30-15-19-32(34)20-16-30/h13-20H,21-28H2. The molecule has 0 spiro atoms. The fourth-order valence-electron chi connectivity index (χ4n) is 2.32. The summed E-state index contributed by atoms with van der Waals surface area (Å²) >= 11 is 6.78. The molecule has 0 fully saturated rings. The van der Waals surface area contributed by atoms with Gasteiger partial charge in [0.15, 0.2) is 0 Å². The van der Waals surface area contributed by atoms with Gasteiger partial charge in [-0.05, 0) is 60.4 Å². The van der Waals surface area contributed by atoms with Crippen molar-refractivity contribution in [3.8, 4) is 71.0 Å². The van der Waals surface area contributed by atoms with Crippen LogP contribution < -0.4 is 0 Å². The molecule has 0 amide bonds. The molecule has 0 aliphatic heterocycles. The zero-order valence-corrected chi connectivity index (χ0v) is 23.8. The van der Waals surface area contributed by atoms with Gasteiger partial charge >= 0.3 is 0 Å². The van der Waals surface area contributed by atoms with Gasteiger partial charge in [-0.2, -0.15) is 0 Å². The number of hydrogen-bond acceptors (Lipinski definition) is 4. The lowest BCUT2D eigenvalue weighted by atomic mass is 10.2. The van der Waals surface area contributed by atoms with E-state index in [2.05, 4.69) is 103 Å². The number of hydrogen-bond donors (Lipinski definition) is 0. The van der Waals surface area contributed by atoms with Gasteiger partial charge in [-0.25, -0.2) is 0 Å². The van der Waals surface area contributed by atoms with Crippen molar-refractivity contribution in [2.45, 2.75) is 0 Å². The van der Waals surface area contributed by atoms with Crippen LogP contribution in [0.3, 0.4) is 0 Å². The van der Waals surface area contributed by atoms with E-state index in [4.69, 9.17) is 18.9 Å². The maximum absolute atomic E-state index is 5.34. The zero-order valence-electron chi connectivity index (χ0n) is 20.7. The van der Waals surface area contributed by atoms with Crippen LogP contribution in [0.2, 0.25) is 0 Å². The van der Waals surface area contributed by atoms with Crippen LogP contribution in [0.15, 0.2) is 57.5 Å². The Morgan fingerprint density at radius 1 is 0.395 bits per heavy atom. The second kappa shape index (κ2) is 21.7. The minimum Gasteiger partial charge on any atom is -0.356 e. The van der Waals surface area contributed by atoms with E-state index in [1.54, 1.807) is 0 Å². The van der Waals surface area contributed by atoms with Crippen LogP contribution in [0, 0.1) is 71.0 Å². The quantitative estimate of drug-likeness (QED) is 0.313. The molecule has 0 aromatic heterocycles. The lowest BCUT2D eigenvalue weighted by Gasteiger charge is -1.92. The molecule has 6 heteroatoms. The maximum atomic E-state index is 5.34. The predicted octanol–water partition coefficient (Wildman–Crippen LogP) is 4.69. The van der Waals surface area contributed by atoms with Crippen molar-refractivity contribution in [3.05, 3.63) is 68.6 Å². The summed E-state index contributed by atoms with van der Waals surface area (Å²) in [6, 6.07) is 15.6. The van der Waals surface area contributed by atoms with Gasteiger partial charge in [0.2, 0.25) is 0 Å². The monoisotopic (exact) mass is 630 g/mol. The van der Waals surface area contributed by atoms with Crippen LogP contribution in [-0.4, -0.2) is 52.9 Å². The summed E-state index contributed by atoms with van der Waals surface area (Å²) in [5.41, 5.74) is 1.88. The average molecular weight is 632 g/mol. The van der Waals surface area contributed by atoms with Gasteiger partial charge in [0.05, 0.1) is 0 Å². The van der Waals surface area contributed by atoms with Gasteiger partial charge in [-0.1, -0.05) is 91.1 Å². The molecule has 38 heavy (non-hydrogen) atoms. The minimum absolute atomic E-state index is 0.253. The second-order valence-corrected chi connectivity index (χ2v) is 8.73. The van der Waals surface area contributed by atoms with Gasteiger partial charge in [0.25, 0.3) is 0 Å². The van der Waals surface area contributed by atoms with Crippen molar-refractivity contribution in [2.24, 2.45) is 0 Å². The third-order valence-corrected chi connectivity index (χ3v) is 5.09. The Balaban J connectivity index is 1.40. The highest BCUT2D eigenvalue weighted by molar-refractivity contribution is 9.10. The molecule has 2 aromatic carbocycles. The van der Waals surface area contributed by atoms with Crippen LogP contribution >= 0.6 is 31.9 Å². The molecule has 0 unspecified atom stereocenters. The third-order valence-electron chi connectivity index (χ3n) is 4.04. The van der Waals surface area contributed by atoms with E-state index in [0.29, 0.717) is 26.4 Å². The summed E-state index contributed by atoms with van der Waals surface area (Å²) in [4.78, 5) is 0. The minimum atomic E-state index is 0.253. The van der Waals surface area contributed by atoms with E-state index in [-0.39, 0.29) is 26.4 Å². The largest absolute Gasteiger partial charge is 0.356 e. The van der Waals surface area contributed by atoms with Crippen molar-refractivity contribution >= 4 is 31.9 Å². The smallest absolute Gasteiger partial charge is 0.110 e. The fourth-order valence-corrected chi connectivity index (χ4v) is 2.85. The van der Waals surface area contributed by atoms with E-state index < -0.39 is 0 Å². The molecule has 2 rings (SSSR count). The van der Waals surface area contributed by atoms with E-state index >= 15 is 0 Å². The summed E-state index contributed by atoms with van der Waals surface area (Å²) in [6.07, 6.45) is 0. The highest BCUT2D eigenvalue weighted by Crippen LogP contribution is 2.10. The van der Waals surface area contributed by atoms with Crippen LogP contribution in [0.25, 0.3) is 0 Å². The molecule has 4 nitrogen and oxygen atoms in total. The first-order valence-corrected chi connectivity index (χ1v) is 13.0. The number of rotatable bonds is 8. The fraction of sp³-hybridized carbons (Fsp3) is 0.250. The molecule has 0 atom stereocenters. The average Bonchev–Trinajstić information content (AvgIpc) is 2.93. The van der Waals surface area contributed by atoms with Crippen LogP contribution in [0.5, 0.6) is 0 Å². The zero-order chi connectivity index (χ0) is 26.9. The lowest BCUT2D eigenvalue weighted by Crippen LogP contribution is -1.94. The number of halogens is 2. The molecule has 2 aromatic rings. The Bertz CT molecular complexity index is 1250. The summed E-state index contributed by atoms with van der Waals surface area (Å²) in [6.45, 7) is 2.31. The summed E-state index contributed by atoms with van der Waals surface area (Å²) in [5.74, 6) is 34.3. The number of ether oxygens (including phenoxy) is 4. The van der Waals surface area contributed by atoms with Crippen molar-refractivity contribution in [1.82, 2.24) is 0 Å². The van der Waals surface area contributed by atoms with Gasteiger partial charge in [-0.15, -0.1) is 0 Å². The van der Waals surface area contributed by atoms with E-state index in [1.807, 2.05) is 48.5 Å². The number of benzene rings is 2. The SMILES string of the molecule is Brc1ccc(C#CCOCC#CCOCC#CC#CCOCC#CCOCC#Cc2ccc(Br)cc2)cc1. The first-order chi connectivity index (χ1) is 18.7. The maximum Gasteiger partial charge on any atom is 0.110 e. The van der Waals surface area contributed by atoms with Crippen molar-refractivity contribution in [3.63, 3.8) is 0 Å². The van der Waals surface area contributed by atoms with Crippen molar-refractivity contribution < 1.29 is 18.9 Å². The van der Waals surface area contributed by atoms with Gasteiger partial charge in [0.1, 0.15) is 52.9 Å². The summed E-state index contributed by atoms with van der Waals surface area (Å²) < 4.78 is 23.3. The Morgan fingerprint density at radius 3 is 1.03 bits per heavy atom. The molecule has 0 radical (unpaired) electrons. The van der Waals surface area contributed by atoms with Crippen LogP contribution in [0.1, 0.15) is 11.1 Å². The highest BCUT2D eigenvalue weighted by atomic mass is 79.9. The Hall–Kier alpha value is -3.40. The Kier molecular flexibility index (Phi) is 17.6. The summed E-state index contributed by atoms with van der Waals surface area (Å²) in [7, 11) is 0. The topological polar surface area (TPSA) is 36.9 Å². The predicted molar refractivity (Wildman–Crippen MR) is 156 cm³/mol. The molecule has 0 N–H and O–H groups in total. The van der Waals surface area contributed by atoms with Crippen molar-refractivity contribution in [2.75, 3.05) is 52.9 Å². The van der Waals surface area contributed by atoms with E-state index in [9.17, 15) is 0 Å². The molecular weight excluding hydrogens is 608 g/mol. The normalized spacial score (nSPS) is 8.79. The molecule has 0 aliphatic rings. The van der Waals surface area contributed by atoms with Crippen molar-refractivity contribution in [1.29, 1.82) is 0 Å². The molecule has 0 saturated heterocycles. The lowest BCUT2D eigenvalue weighted by molar-refractivity contribution is 0.198. The molecule has 190 valence electrons. The third kappa shape index (κ3) is 17.1. The molecule has 0 bridgehead atoms. The van der Waals surface area contributed by atoms with Gasteiger partial charge in [0, 0.05) is 20.1 Å². The van der Waals surface area contributed by atoms with Crippen LogP contribution in [-0.2, 0) is 18.9 Å². The molecule has 0 heterocycles.